The minimum Gasteiger partial charge on any atom is -0.465 e. The van der Waals surface area contributed by atoms with Crippen LogP contribution in [0.1, 0.15) is 31.8 Å². The Bertz CT molecular complexity index is 687. The number of hydrogen-bond donors (Lipinski definition) is 0. The van der Waals surface area contributed by atoms with Crippen LogP contribution in [0.4, 0.5) is 0 Å². The predicted octanol–water partition coefficient (Wildman–Crippen LogP) is 2.46. The number of ether oxygens (including phenoxy) is 2. The van der Waals surface area contributed by atoms with Gasteiger partial charge in [0.05, 0.1) is 25.3 Å². The van der Waals surface area contributed by atoms with Gasteiger partial charge in [-0.2, -0.15) is 0 Å². The monoisotopic (exact) mass is 270 g/mol. The molecule has 0 amide bonds. The van der Waals surface area contributed by atoms with E-state index < -0.39 is 11.9 Å². The SMILES string of the molecule is COC(=O)c1c2ccccc3c-2c(c1C(=O)OC)CC3. The summed E-state index contributed by atoms with van der Waals surface area (Å²) in [5.74, 6) is -0.979. The highest BCUT2D eigenvalue weighted by Gasteiger charge is 2.35. The third-order valence-electron chi connectivity index (χ3n) is 3.81. The van der Waals surface area contributed by atoms with Crippen molar-refractivity contribution in [1.82, 2.24) is 0 Å². The minimum absolute atomic E-state index is 0.321. The third-order valence-corrected chi connectivity index (χ3v) is 3.81. The van der Waals surface area contributed by atoms with Crippen molar-refractivity contribution >= 4 is 11.9 Å². The van der Waals surface area contributed by atoms with Gasteiger partial charge in [0.2, 0.25) is 0 Å². The first-order valence-electron chi connectivity index (χ1n) is 6.42. The summed E-state index contributed by atoms with van der Waals surface area (Å²) < 4.78 is 9.68. The Kier molecular flexibility index (Phi) is 2.93. The highest BCUT2D eigenvalue weighted by molar-refractivity contribution is 6.13. The summed E-state index contributed by atoms with van der Waals surface area (Å²) in [6, 6.07) is 7.70. The molecule has 4 nitrogen and oxygen atoms in total. The lowest BCUT2D eigenvalue weighted by Crippen LogP contribution is -2.11. The van der Waals surface area contributed by atoms with E-state index in [2.05, 4.69) is 0 Å². The molecule has 0 aromatic heterocycles. The van der Waals surface area contributed by atoms with Crippen LogP contribution in [0.5, 0.6) is 0 Å². The first kappa shape index (κ1) is 12.7. The Balaban J connectivity index is 2.39. The molecule has 0 fully saturated rings. The molecule has 0 N–H and O–H groups in total. The molecular weight excluding hydrogens is 256 g/mol. The Morgan fingerprint density at radius 1 is 0.950 bits per heavy atom. The van der Waals surface area contributed by atoms with Crippen LogP contribution in [-0.4, -0.2) is 26.2 Å². The van der Waals surface area contributed by atoms with Gasteiger partial charge in [-0.15, -0.1) is 0 Å². The quantitative estimate of drug-likeness (QED) is 0.787. The van der Waals surface area contributed by atoms with E-state index in [1.165, 1.54) is 14.2 Å². The van der Waals surface area contributed by atoms with E-state index in [0.717, 1.165) is 35.1 Å². The summed E-state index contributed by atoms with van der Waals surface area (Å²) in [5.41, 5.74) is 4.50. The second kappa shape index (κ2) is 4.63. The maximum atomic E-state index is 12.1. The number of carbonyl (C=O) groups is 2. The first-order chi connectivity index (χ1) is 9.69. The number of aryl methyl sites for hydroxylation is 1. The second-order valence-corrected chi connectivity index (χ2v) is 4.74. The van der Waals surface area contributed by atoms with Crippen LogP contribution in [0, 0.1) is 0 Å². The van der Waals surface area contributed by atoms with Crippen LogP contribution in [0.25, 0.3) is 11.1 Å². The third kappa shape index (κ3) is 1.61. The van der Waals surface area contributed by atoms with E-state index >= 15 is 0 Å². The first-order valence-corrected chi connectivity index (χ1v) is 6.42. The van der Waals surface area contributed by atoms with Gasteiger partial charge in [-0.05, 0) is 35.1 Å². The van der Waals surface area contributed by atoms with Gasteiger partial charge in [-0.25, -0.2) is 9.59 Å². The summed E-state index contributed by atoms with van der Waals surface area (Å²) in [4.78, 5) is 24.2. The van der Waals surface area contributed by atoms with Gasteiger partial charge in [0.15, 0.2) is 0 Å². The number of rotatable bonds is 2. The lowest BCUT2D eigenvalue weighted by atomic mass is 10.0. The van der Waals surface area contributed by atoms with Gasteiger partial charge in [-0.3, -0.25) is 0 Å². The average Bonchev–Trinajstić information content (AvgIpc) is 2.92. The maximum absolute atomic E-state index is 12.1. The highest BCUT2D eigenvalue weighted by Crippen LogP contribution is 2.43. The molecule has 3 rings (SSSR count). The van der Waals surface area contributed by atoms with E-state index in [-0.39, 0.29) is 0 Å². The molecule has 0 aromatic carbocycles. The van der Waals surface area contributed by atoms with E-state index in [1.54, 1.807) is 0 Å². The number of carbonyl (C=O) groups excluding carboxylic acids is 2. The molecule has 102 valence electrons. The fraction of sp³-hybridized carbons (Fsp3) is 0.250. The van der Waals surface area contributed by atoms with Gasteiger partial charge in [0, 0.05) is 0 Å². The van der Waals surface area contributed by atoms with Crippen molar-refractivity contribution in [2.45, 2.75) is 12.8 Å². The molecule has 0 unspecified atom stereocenters. The van der Waals surface area contributed by atoms with Gasteiger partial charge in [0.25, 0.3) is 0 Å². The molecule has 0 bridgehead atoms. The number of methoxy groups -OCH3 is 2. The molecule has 4 heteroatoms. The van der Waals surface area contributed by atoms with Crippen molar-refractivity contribution in [1.29, 1.82) is 0 Å². The van der Waals surface area contributed by atoms with Crippen LogP contribution in [0.3, 0.4) is 0 Å². The summed E-state index contributed by atoms with van der Waals surface area (Å²) in [6.07, 6.45) is 1.62. The van der Waals surface area contributed by atoms with Gasteiger partial charge < -0.3 is 9.47 Å². The van der Waals surface area contributed by atoms with Crippen molar-refractivity contribution in [2.75, 3.05) is 14.2 Å². The molecule has 0 spiro atoms. The van der Waals surface area contributed by atoms with Gasteiger partial charge in [0.1, 0.15) is 0 Å². The zero-order chi connectivity index (χ0) is 14.3. The summed E-state index contributed by atoms with van der Waals surface area (Å²) >= 11 is 0. The smallest absolute Gasteiger partial charge is 0.339 e. The normalized spacial score (nSPS) is 12.5. The van der Waals surface area contributed by atoms with Crippen molar-refractivity contribution in [3.05, 3.63) is 46.5 Å². The van der Waals surface area contributed by atoms with Crippen LogP contribution in [0.2, 0.25) is 0 Å². The van der Waals surface area contributed by atoms with E-state index in [4.69, 9.17) is 9.47 Å². The Labute approximate surface area is 116 Å². The molecule has 20 heavy (non-hydrogen) atoms. The zero-order valence-electron chi connectivity index (χ0n) is 11.4. The molecule has 0 aliphatic heterocycles. The Hall–Kier alpha value is -2.36. The molecule has 0 atom stereocenters. The fourth-order valence-corrected chi connectivity index (χ4v) is 3.00. The van der Waals surface area contributed by atoms with Crippen LogP contribution < -0.4 is 0 Å². The van der Waals surface area contributed by atoms with Crippen LogP contribution in [-0.2, 0) is 22.3 Å². The van der Waals surface area contributed by atoms with Crippen molar-refractivity contribution in [2.24, 2.45) is 0 Å². The molecule has 0 saturated heterocycles. The van der Waals surface area contributed by atoms with Crippen molar-refractivity contribution in [3.63, 3.8) is 0 Å². The molecule has 3 aliphatic rings. The average molecular weight is 270 g/mol. The maximum Gasteiger partial charge on any atom is 0.339 e. The minimum atomic E-state index is -0.499. The lowest BCUT2D eigenvalue weighted by Gasteiger charge is -2.05. The zero-order valence-corrected chi connectivity index (χ0v) is 11.4. The molecule has 0 radical (unpaired) electrons. The summed E-state index contributed by atoms with van der Waals surface area (Å²) in [5, 5.41) is 0. The summed E-state index contributed by atoms with van der Waals surface area (Å²) in [7, 11) is 2.64. The highest BCUT2D eigenvalue weighted by atomic mass is 16.5. The van der Waals surface area contributed by atoms with Crippen molar-refractivity contribution < 1.29 is 19.1 Å². The van der Waals surface area contributed by atoms with E-state index in [0.29, 0.717) is 11.1 Å². The molecule has 0 saturated carbocycles. The van der Waals surface area contributed by atoms with Gasteiger partial charge in [-0.1, -0.05) is 24.3 Å². The number of esters is 2. The summed E-state index contributed by atoms with van der Waals surface area (Å²) in [6.45, 7) is 0. The van der Waals surface area contributed by atoms with Crippen LogP contribution >= 0.6 is 0 Å². The Morgan fingerprint density at radius 3 is 2.30 bits per heavy atom. The second-order valence-electron chi connectivity index (χ2n) is 4.74. The molecule has 0 heterocycles. The number of hydrogen-bond acceptors (Lipinski definition) is 4. The molecule has 3 aliphatic carbocycles. The molecular formula is C16H14O4. The van der Waals surface area contributed by atoms with E-state index in [1.807, 2.05) is 24.3 Å². The molecule has 0 aromatic rings. The topological polar surface area (TPSA) is 52.6 Å². The fourth-order valence-electron chi connectivity index (χ4n) is 3.00. The van der Waals surface area contributed by atoms with Gasteiger partial charge >= 0.3 is 11.9 Å². The Morgan fingerprint density at radius 2 is 1.60 bits per heavy atom. The van der Waals surface area contributed by atoms with E-state index in [9.17, 15) is 9.59 Å². The van der Waals surface area contributed by atoms with Crippen molar-refractivity contribution in [3.8, 4) is 11.1 Å². The standard InChI is InChI=1S/C16H14O4/c1-19-15(17)13-10-6-4-3-5-9-7-8-11(12(9)10)14(13)16(18)20-2/h3-6H,7-8H2,1-2H3. The lowest BCUT2D eigenvalue weighted by molar-refractivity contribution is 0.0556. The predicted molar refractivity (Wildman–Crippen MR) is 73.2 cm³/mol. The van der Waals surface area contributed by atoms with Crippen LogP contribution in [0.15, 0.2) is 24.3 Å². The largest absolute Gasteiger partial charge is 0.465 e.